The Morgan fingerprint density at radius 1 is 1.09 bits per heavy atom. The SMILES string of the molecule is NC(=O)C1(N2C(=O)CN(Cc3ccccc3)C2=O)CCCCC1. The second-order valence-electron chi connectivity index (χ2n) is 6.31. The summed E-state index contributed by atoms with van der Waals surface area (Å²) in [4.78, 5) is 39.9. The van der Waals surface area contributed by atoms with Crippen LogP contribution in [0.25, 0.3) is 0 Å². The normalized spacial score (nSPS) is 20.9. The third kappa shape index (κ3) is 2.69. The summed E-state index contributed by atoms with van der Waals surface area (Å²) in [5.74, 6) is -0.896. The maximum atomic E-state index is 12.8. The van der Waals surface area contributed by atoms with Crippen LogP contribution in [0.15, 0.2) is 30.3 Å². The van der Waals surface area contributed by atoms with Crippen LogP contribution >= 0.6 is 0 Å². The van der Waals surface area contributed by atoms with E-state index in [1.807, 2.05) is 30.3 Å². The first-order valence-electron chi connectivity index (χ1n) is 8.00. The largest absolute Gasteiger partial charge is 0.368 e. The third-order valence-electron chi connectivity index (χ3n) is 4.82. The lowest BCUT2D eigenvalue weighted by Crippen LogP contribution is -2.60. The van der Waals surface area contributed by atoms with Gasteiger partial charge >= 0.3 is 6.03 Å². The van der Waals surface area contributed by atoms with Crippen molar-refractivity contribution in [2.75, 3.05) is 6.54 Å². The summed E-state index contributed by atoms with van der Waals surface area (Å²) in [5, 5.41) is 0. The predicted octanol–water partition coefficient (Wildman–Crippen LogP) is 1.64. The highest BCUT2D eigenvalue weighted by Crippen LogP contribution is 2.36. The molecule has 3 rings (SSSR count). The van der Waals surface area contributed by atoms with Crippen molar-refractivity contribution in [3.05, 3.63) is 35.9 Å². The van der Waals surface area contributed by atoms with Crippen LogP contribution in [0, 0.1) is 0 Å². The van der Waals surface area contributed by atoms with Gasteiger partial charge in [0.05, 0.1) is 0 Å². The molecule has 1 saturated carbocycles. The molecular formula is C17H21N3O3. The van der Waals surface area contributed by atoms with E-state index in [0.29, 0.717) is 19.4 Å². The molecule has 0 bridgehead atoms. The van der Waals surface area contributed by atoms with E-state index in [4.69, 9.17) is 5.73 Å². The lowest BCUT2D eigenvalue weighted by atomic mass is 9.79. The number of nitrogens with two attached hydrogens (primary N) is 1. The molecule has 23 heavy (non-hydrogen) atoms. The van der Waals surface area contributed by atoms with E-state index in [1.54, 1.807) is 0 Å². The first-order valence-corrected chi connectivity index (χ1v) is 8.00. The number of rotatable bonds is 4. The molecule has 6 heteroatoms. The van der Waals surface area contributed by atoms with Gasteiger partial charge in [0, 0.05) is 6.54 Å². The van der Waals surface area contributed by atoms with Gasteiger partial charge in [0.1, 0.15) is 12.1 Å². The van der Waals surface area contributed by atoms with Gasteiger partial charge in [-0.25, -0.2) is 9.69 Å². The molecule has 2 N–H and O–H groups in total. The second-order valence-corrected chi connectivity index (χ2v) is 6.31. The fourth-order valence-corrected chi connectivity index (χ4v) is 3.62. The maximum absolute atomic E-state index is 12.8. The topological polar surface area (TPSA) is 83.7 Å². The monoisotopic (exact) mass is 315 g/mol. The molecule has 6 nitrogen and oxygen atoms in total. The van der Waals surface area contributed by atoms with Gasteiger partial charge in [-0.05, 0) is 18.4 Å². The molecule has 4 amide bonds. The Morgan fingerprint density at radius 2 is 1.74 bits per heavy atom. The molecule has 0 spiro atoms. The summed E-state index contributed by atoms with van der Waals surface area (Å²) >= 11 is 0. The molecule has 1 aliphatic heterocycles. The molecule has 1 heterocycles. The molecule has 2 aliphatic rings. The molecule has 0 aromatic heterocycles. The Bertz CT molecular complexity index is 623. The van der Waals surface area contributed by atoms with Crippen molar-refractivity contribution >= 4 is 17.8 Å². The first-order chi connectivity index (χ1) is 11.0. The lowest BCUT2D eigenvalue weighted by Gasteiger charge is -2.40. The quantitative estimate of drug-likeness (QED) is 0.857. The van der Waals surface area contributed by atoms with Gasteiger partial charge in [-0.2, -0.15) is 0 Å². The summed E-state index contributed by atoms with van der Waals surface area (Å²) in [6, 6.07) is 9.09. The molecule has 1 aromatic carbocycles. The Kier molecular flexibility index (Phi) is 4.07. The number of hydrogen-bond donors (Lipinski definition) is 1. The molecule has 1 aliphatic carbocycles. The van der Waals surface area contributed by atoms with Crippen LogP contribution < -0.4 is 5.73 Å². The smallest absolute Gasteiger partial charge is 0.328 e. The highest BCUT2D eigenvalue weighted by atomic mass is 16.2. The van der Waals surface area contributed by atoms with Crippen molar-refractivity contribution in [2.45, 2.75) is 44.2 Å². The van der Waals surface area contributed by atoms with Gasteiger partial charge in [0.2, 0.25) is 5.91 Å². The second kappa shape index (κ2) is 6.02. The number of amides is 4. The number of benzene rings is 1. The first kappa shape index (κ1) is 15.5. The Morgan fingerprint density at radius 3 is 2.35 bits per heavy atom. The van der Waals surface area contributed by atoms with Crippen LogP contribution in [-0.4, -0.2) is 39.7 Å². The Hall–Kier alpha value is -2.37. The number of hydrogen-bond acceptors (Lipinski definition) is 3. The van der Waals surface area contributed by atoms with Crippen molar-refractivity contribution in [3.8, 4) is 0 Å². The fourth-order valence-electron chi connectivity index (χ4n) is 3.62. The molecule has 1 aromatic rings. The van der Waals surface area contributed by atoms with Crippen LogP contribution in [0.1, 0.15) is 37.7 Å². The molecule has 122 valence electrons. The van der Waals surface area contributed by atoms with Gasteiger partial charge in [-0.3, -0.25) is 9.59 Å². The minimum Gasteiger partial charge on any atom is -0.368 e. The lowest BCUT2D eigenvalue weighted by molar-refractivity contribution is -0.141. The summed E-state index contributed by atoms with van der Waals surface area (Å²) < 4.78 is 0. The predicted molar refractivity (Wildman–Crippen MR) is 84.1 cm³/mol. The summed E-state index contributed by atoms with van der Waals surface area (Å²) in [6.45, 7) is 0.361. The minimum atomic E-state index is -1.14. The van der Waals surface area contributed by atoms with E-state index in [-0.39, 0.29) is 12.5 Å². The number of urea groups is 1. The van der Waals surface area contributed by atoms with Crippen molar-refractivity contribution in [3.63, 3.8) is 0 Å². The Balaban J connectivity index is 1.84. The number of imide groups is 1. The van der Waals surface area contributed by atoms with E-state index in [9.17, 15) is 14.4 Å². The average molecular weight is 315 g/mol. The Labute approximate surface area is 135 Å². The van der Waals surface area contributed by atoms with Crippen LogP contribution in [0.5, 0.6) is 0 Å². The van der Waals surface area contributed by atoms with Crippen molar-refractivity contribution in [2.24, 2.45) is 5.73 Å². The van der Waals surface area contributed by atoms with Gasteiger partial charge in [-0.15, -0.1) is 0 Å². The van der Waals surface area contributed by atoms with Gasteiger partial charge < -0.3 is 10.6 Å². The number of primary amides is 1. The van der Waals surface area contributed by atoms with Crippen molar-refractivity contribution < 1.29 is 14.4 Å². The van der Waals surface area contributed by atoms with Crippen LogP contribution in [-0.2, 0) is 16.1 Å². The zero-order valence-corrected chi connectivity index (χ0v) is 13.0. The van der Waals surface area contributed by atoms with E-state index in [0.717, 1.165) is 29.7 Å². The highest BCUT2D eigenvalue weighted by Gasteiger charge is 2.53. The molecule has 2 fully saturated rings. The van der Waals surface area contributed by atoms with Gasteiger partial charge in [-0.1, -0.05) is 49.6 Å². The van der Waals surface area contributed by atoms with E-state index in [1.165, 1.54) is 4.90 Å². The maximum Gasteiger partial charge on any atom is 0.328 e. The van der Waals surface area contributed by atoms with E-state index >= 15 is 0 Å². The average Bonchev–Trinajstić information content (AvgIpc) is 2.83. The zero-order valence-electron chi connectivity index (χ0n) is 13.0. The fraction of sp³-hybridized carbons (Fsp3) is 0.471. The minimum absolute atomic E-state index is 0.00274. The van der Waals surface area contributed by atoms with E-state index < -0.39 is 17.5 Å². The molecule has 1 saturated heterocycles. The zero-order chi connectivity index (χ0) is 16.4. The summed E-state index contributed by atoms with van der Waals surface area (Å²) in [7, 11) is 0. The highest BCUT2D eigenvalue weighted by molar-refractivity contribution is 6.07. The molecule has 0 unspecified atom stereocenters. The number of nitrogens with zero attached hydrogens (tertiary/aromatic N) is 2. The molecule has 0 radical (unpaired) electrons. The molecular weight excluding hydrogens is 294 g/mol. The van der Waals surface area contributed by atoms with Crippen LogP contribution in [0.4, 0.5) is 4.79 Å². The number of carbonyl (C=O) groups excluding carboxylic acids is 3. The summed E-state index contributed by atoms with van der Waals surface area (Å²) in [5.41, 5.74) is 5.41. The number of carbonyl (C=O) groups is 3. The van der Waals surface area contributed by atoms with Crippen LogP contribution in [0.3, 0.4) is 0 Å². The standard InChI is InChI=1S/C17H21N3O3/c18-15(22)17(9-5-2-6-10-17)20-14(21)12-19(16(20)23)11-13-7-3-1-4-8-13/h1,3-4,7-8H,2,5-6,9-12H2,(H2,18,22). The van der Waals surface area contributed by atoms with Gasteiger partial charge in [0.25, 0.3) is 5.91 Å². The third-order valence-corrected chi connectivity index (χ3v) is 4.82. The molecule has 0 atom stereocenters. The van der Waals surface area contributed by atoms with Crippen LogP contribution in [0.2, 0.25) is 0 Å². The van der Waals surface area contributed by atoms with Gasteiger partial charge in [0.15, 0.2) is 0 Å². The van der Waals surface area contributed by atoms with Crippen molar-refractivity contribution in [1.29, 1.82) is 0 Å². The van der Waals surface area contributed by atoms with Crippen molar-refractivity contribution in [1.82, 2.24) is 9.80 Å². The van der Waals surface area contributed by atoms with E-state index in [2.05, 4.69) is 0 Å². The summed E-state index contributed by atoms with van der Waals surface area (Å²) in [6.07, 6.45) is 3.55.